The van der Waals surface area contributed by atoms with Crippen molar-refractivity contribution < 1.29 is 9.15 Å². The Balaban J connectivity index is 2.14. The van der Waals surface area contributed by atoms with Crippen molar-refractivity contribution in [2.24, 2.45) is 0 Å². The summed E-state index contributed by atoms with van der Waals surface area (Å²) in [7, 11) is 1.50. The van der Waals surface area contributed by atoms with Crippen molar-refractivity contribution in [2.45, 2.75) is 0 Å². The van der Waals surface area contributed by atoms with Crippen LogP contribution in [0.5, 0.6) is 5.75 Å². The zero-order valence-corrected chi connectivity index (χ0v) is 13.5. The number of ether oxygens (including phenoxy) is 1. The highest BCUT2D eigenvalue weighted by molar-refractivity contribution is 6.36. The molecule has 0 radical (unpaired) electrons. The van der Waals surface area contributed by atoms with E-state index >= 15 is 0 Å². The van der Waals surface area contributed by atoms with Crippen LogP contribution in [0.2, 0.25) is 10.0 Å². The monoisotopic (exact) mass is 344 g/mol. The van der Waals surface area contributed by atoms with E-state index in [9.17, 15) is 5.26 Å². The van der Waals surface area contributed by atoms with Crippen LogP contribution in [0.4, 0.5) is 0 Å². The summed E-state index contributed by atoms with van der Waals surface area (Å²) in [5.74, 6) is 0.659. The van der Waals surface area contributed by atoms with Gasteiger partial charge >= 0.3 is 0 Å². The normalized spacial score (nSPS) is 11.5. The topological polar surface area (TPSA) is 59.0 Å². The first-order valence-corrected chi connectivity index (χ1v) is 7.38. The Labute approximate surface area is 142 Å². The lowest BCUT2D eigenvalue weighted by molar-refractivity contribution is 0.414. The number of halogens is 2. The molecule has 6 heteroatoms. The number of para-hydroxylation sites is 2. The minimum atomic E-state index is 0.229. The summed E-state index contributed by atoms with van der Waals surface area (Å²) in [6.45, 7) is 0. The van der Waals surface area contributed by atoms with Gasteiger partial charge < -0.3 is 9.15 Å². The summed E-state index contributed by atoms with van der Waals surface area (Å²) in [6, 6.07) is 12.6. The smallest absolute Gasteiger partial charge is 0.238 e. The molecule has 0 spiro atoms. The number of nitriles is 1. The Morgan fingerprint density at radius 2 is 2.09 bits per heavy atom. The number of benzene rings is 2. The van der Waals surface area contributed by atoms with Crippen LogP contribution in [0.15, 0.2) is 40.8 Å². The van der Waals surface area contributed by atoms with Gasteiger partial charge in [-0.25, -0.2) is 4.98 Å². The van der Waals surface area contributed by atoms with Crippen LogP contribution in [0.1, 0.15) is 11.5 Å². The number of hydrogen-bond acceptors (Lipinski definition) is 4. The summed E-state index contributed by atoms with van der Waals surface area (Å²) >= 11 is 12.1. The van der Waals surface area contributed by atoms with Gasteiger partial charge in [0, 0.05) is 10.6 Å². The Kier molecular flexibility index (Phi) is 4.24. The number of methoxy groups -OCH3 is 1. The number of oxazole rings is 1. The predicted octanol–water partition coefficient (Wildman–Crippen LogP) is 5.21. The second-order valence-electron chi connectivity index (χ2n) is 4.67. The summed E-state index contributed by atoms with van der Waals surface area (Å²) in [4.78, 5) is 4.32. The maximum atomic E-state index is 9.44. The molecular formula is C17H10Cl2N2O2. The Bertz CT molecular complexity index is 922. The molecule has 0 aliphatic heterocycles. The Hall–Kier alpha value is -2.48. The van der Waals surface area contributed by atoms with Gasteiger partial charge in [0.2, 0.25) is 5.89 Å². The zero-order chi connectivity index (χ0) is 16.4. The van der Waals surface area contributed by atoms with Crippen molar-refractivity contribution in [3.05, 3.63) is 57.9 Å². The van der Waals surface area contributed by atoms with Gasteiger partial charge in [0.25, 0.3) is 0 Å². The van der Waals surface area contributed by atoms with E-state index < -0.39 is 0 Å². The van der Waals surface area contributed by atoms with Crippen LogP contribution in [-0.4, -0.2) is 12.1 Å². The van der Waals surface area contributed by atoms with Gasteiger partial charge in [0.1, 0.15) is 22.9 Å². The maximum absolute atomic E-state index is 9.44. The van der Waals surface area contributed by atoms with Gasteiger partial charge in [0.05, 0.1) is 12.1 Å². The first-order valence-electron chi connectivity index (χ1n) is 6.63. The van der Waals surface area contributed by atoms with Gasteiger partial charge in [-0.15, -0.1) is 0 Å². The van der Waals surface area contributed by atoms with Crippen LogP contribution >= 0.6 is 23.2 Å². The average molecular weight is 345 g/mol. The van der Waals surface area contributed by atoms with E-state index in [0.717, 1.165) is 0 Å². The van der Waals surface area contributed by atoms with Crippen molar-refractivity contribution in [1.29, 1.82) is 5.26 Å². The van der Waals surface area contributed by atoms with Crippen molar-refractivity contribution in [3.8, 4) is 11.8 Å². The van der Waals surface area contributed by atoms with Gasteiger partial charge in [0.15, 0.2) is 5.58 Å². The summed E-state index contributed by atoms with van der Waals surface area (Å²) < 4.78 is 10.9. The molecule has 23 heavy (non-hydrogen) atoms. The third-order valence-corrected chi connectivity index (χ3v) is 3.68. The third-order valence-electron chi connectivity index (χ3n) is 3.19. The standard InChI is InChI=1S/C17H10Cl2N2O2/c1-22-16-10(7-12(18)8-13(16)19)6-11(9-20)17-21-14-4-2-3-5-15(14)23-17/h2-8H,1H3/b11-6+. The van der Waals surface area contributed by atoms with Crippen LogP contribution in [0.25, 0.3) is 22.7 Å². The molecule has 0 aliphatic rings. The highest BCUT2D eigenvalue weighted by atomic mass is 35.5. The van der Waals surface area contributed by atoms with Crippen molar-refractivity contribution in [1.82, 2.24) is 4.98 Å². The molecule has 0 unspecified atom stereocenters. The number of aromatic nitrogens is 1. The first-order chi connectivity index (χ1) is 11.1. The minimum Gasteiger partial charge on any atom is -0.495 e. The van der Waals surface area contributed by atoms with Crippen molar-refractivity contribution >= 4 is 46.0 Å². The first kappa shape index (κ1) is 15.4. The molecule has 2 aromatic carbocycles. The molecule has 0 aliphatic carbocycles. The van der Waals surface area contributed by atoms with Crippen molar-refractivity contribution in [3.63, 3.8) is 0 Å². The average Bonchev–Trinajstić information content (AvgIpc) is 2.95. The molecule has 3 rings (SSSR count). The SMILES string of the molecule is COc1c(Cl)cc(Cl)cc1/C=C(\C#N)c1nc2ccccc2o1. The second-order valence-corrected chi connectivity index (χ2v) is 5.51. The molecule has 0 amide bonds. The lowest BCUT2D eigenvalue weighted by Gasteiger charge is -2.08. The van der Waals surface area contributed by atoms with Gasteiger partial charge in [-0.05, 0) is 30.3 Å². The molecule has 0 fully saturated rings. The third kappa shape index (κ3) is 3.02. The summed E-state index contributed by atoms with van der Waals surface area (Å²) in [5, 5.41) is 10.2. The number of nitrogens with zero attached hydrogens (tertiary/aromatic N) is 2. The van der Waals surface area contributed by atoms with Crippen LogP contribution in [-0.2, 0) is 0 Å². The second kappa shape index (κ2) is 6.33. The number of hydrogen-bond donors (Lipinski definition) is 0. The fraction of sp³-hybridized carbons (Fsp3) is 0.0588. The van der Waals surface area contributed by atoms with Gasteiger partial charge in [-0.1, -0.05) is 35.3 Å². The van der Waals surface area contributed by atoms with E-state index in [1.54, 1.807) is 24.3 Å². The predicted molar refractivity (Wildman–Crippen MR) is 90.5 cm³/mol. The van der Waals surface area contributed by atoms with E-state index in [0.29, 0.717) is 32.5 Å². The van der Waals surface area contributed by atoms with Crippen molar-refractivity contribution in [2.75, 3.05) is 7.11 Å². The van der Waals surface area contributed by atoms with E-state index in [-0.39, 0.29) is 11.5 Å². The zero-order valence-electron chi connectivity index (χ0n) is 12.0. The Morgan fingerprint density at radius 3 is 2.78 bits per heavy atom. The number of allylic oxidation sites excluding steroid dienone is 1. The van der Waals surface area contributed by atoms with Crippen LogP contribution < -0.4 is 4.74 Å². The highest BCUT2D eigenvalue weighted by Gasteiger charge is 2.14. The number of fused-ring (bicyclic) bond motifs is 1. The quantitative estimate of drug-likeness (QED) is 0.612. The minimum absolute atomic E-state index is 0.229. The molecule has 0 N–H and O–H groups in total. The van der Waals surface area contributed by atoms with E-state index in [1.165, 1.54) is 7.11 Å². The van der Waals surface area contributed by atoms with Crippen LogP contribution in [0.3, 0.4) is 0 Å². The molecule has 0 saturated carbocycles. The van der Waals surface area contributed by atoms with E-state index in [1.807, 2.05) is 18.2 Å². The van der Waals surface area contributed by atoms with Gasteiger partial charge in [-0.3, -0.25) is 0 Å². The molecular weight excluding hydrogens is 335 g/mol. The molecule has 0 saturated heterocycles. The molecule has 1 heterocycles. The fourth-order valence-electron chi connectivity index (χ4n) is 2.19. The highest BCUT2D eigenvalue weighted by Crippen LogP contribution is 2.34. The van der Waals surface area contributed by atoms with E-state index in [4.69, 9.17) is 32.4 Å². The largest absolute Gasteiger partial charge is 0.495 e. The molecule has 3 aromatic rings. The van der Waals surface area contributed by atoms with E-state index in [2.05, 4.69) is 11.1 Å². The fourth-order valence-corrected chi connectivity index (χ4v) is 2.77. The molecule has 114 valence electrons. The molecule has 0 atom stereocenters. The lowest BCUT2D eigenvalue weighted by Crippen LogP contribution is -1.90. The lowest BCUT2D eigenvalue weighted by atomic mass is 10.1. The van der Waals surface area contributed by atoms with Gasteiger partial charge in [-0.2, -0.15) is 5.26 Å². The summed E-state index contributed by atoms with van der Waals surface area (Å²) in [5.41, 5.74) is 2.11. The summed E-state index contributed by atoms with van der Waals surface area (Å²) in [6.07, 6.45) is 1.58. The Morgan fingerprint density at radius 1 is 1.30 bits per heavy atom. The molecule has 0 bridgehead atoms. The molecule has 1 aromatic heterocycles. The number of rotatable bonds is 3. The maximum Gasteiger partial charge on any atom is 0.238 e. The van der Waals surface area contributed by atoms with Crippen LogP contribution in [0, 0.1) is 11.3 Å². The molecule has 4 nitrogen and oxygen atoms in total.